The van der Waals surface area contributed by atoms with Crippen molar-refractivity contribution in [3.8, 4) is 5.75 Å². The highest BCUT2D eigenvalue weighted by Crippen LogP contribution is 2.27. The predicted octanol–water partition coefficient (Wildman–Crippen LogP) is 1.57. The summed E-state index contributed by atoms with van der Waals surface area (Å²) in [5, 5.41) is 4.96. The smallest absolute Gasteiger partial charge is 0.404 e. The van der Waals surface area contributed by atoms with Gasteiger partial charge < -0.3 is 4.74 Å². The largest absolute Gasteiger partial charge is 0.573 e. The van der Waals surface area contributed by atoms with Crippen molar-refractivity contribution < 1.29 is 22.1 Å². The SMILES string of the molecule is NS(=O)c1ccccc1OC(F)(F)F. The number of halogens is 3. The van der Waals surface area contributed by atoms with Gasteiger partial charge in [-0.25, -0.2) is 9.35 Å². The van der Waals surface area contributed by atoms with Gasteiger partial charge in [0, 0.05) is 0 Å². The number of ether oxygens (including phenoxy) is 1. The minimum atomic E-state index is -4.81. The molecule has 0 amide bonds. The molecule has 0 spiro atoms. The summed E-state index contributed by atoms with van der Waals surface area (Å²) >= 11 is 0. The highest BCUT2D eigenvalue weighted by molar-refractivity contribution is 7.82. The first kappa shape index (κ1) is 11.0. The molecule has 14 heavy (non-hydrogen) atoms. The van der Waals surface area contributed by atoms with Gasteiger partial charge in [-0.1, -0.05) is 12.1 Å². The van der Waals surface area contributed by atoms with Gasteiger partial charge >= 0.3 is 6.36 Å². The molecule has 1 atom stereocenters. The Labute approximate surface area is 80.3 Å². The molecule has 7 heteroatoms. The number of para-hydroxylation sites is 1. The van der Waals surface area contributed by atoms with Crippen LogP contribution in [0.5, 0.6) is 5.75 Å². The lowest BCUT2D eigenvalue weighted by Gasteiger charge is -2.10. The van der Waals surface area contributed by atoms with E-state index in [2.05, 4.69) is 4.74 Å². The molecule has 1 rings (SSSR count). The van der Waals surface area contributed by atoms with Crippen LogP contribution in [0, 0.1) is 0 Å². The fourth-order valence-corrected chi connectivity index (χ4v) is 1.35. The summed E-state index contributed by atoms with van der Waals surface area (Å²) in [4.78, 5) is -0.190. The number of hydrogen-bond acceptors (Lipinski definition) is 2. The van der Waals surface area contributed by atoms with Crippen molar-refractivity contribution in [2.45, 2.75) is 11.3 Å². The maximum absolute atomic E-state index is 11.8. The molecule has 0 radical (unpaired) electrons. The van der Waals surface area contributed by atoms with Gasteiger partial charge in [-0.2, -0.15) is 0 Å². The number of nitrogens with two attached hydrogens (primary N) is 1. The summed E-state index contributed by atoms with van der Waals surface area (Å²) < 4.78 is 49.9. The van der Waals surface area contributed by atoms with Gasteiger partial charge in [0.2, 0.25) is 0 Å². The quantitative estimate of drug-likeness (QED) is 0.830. The molecule has 1 aromatic carbocycles. The van der Waals surface area contributed by atoms with E-state index in [0.717, 1.165) is 6.07 Å². The monoisotopic (exact) mass is 225 g/mol. The Morgan fingerprint density at radius 1 is 1.29 bits per heavy atom. The van der Waals surface area contributed by atoms with E-state index in [1.807, 2.05) is 0 Å². The van der Waals surface area contributed by atoms with Crippen molar-refractivity contribution in [3.63, 3.8) is 0 Å². The third kappa shape index (κ3) is 3.00. The van der Waals surface area contributed by atoms with Crippen LogP contribution >= 0.6 is 0 Å². The average molecular weight is 225 g/mol. The molecule has 1 unspecified atom stereocenters. The molecule has 0 aliphatic carbocycles. The van der Waals surface area contributed by atoms with Crippen LogP contribution in [0.4, 0.5) is 13.2 Å². The molecular formula is C7H6F3NO2S. The zero-order chi connectivity index (χ0) is 10.8. The molecule has 0 bridgehead atoms. The Balaban J connectivity index is 3.02. The van der Waals surface area contributed by atoms with Crippen LogP contribution in [0.25, 0.3) is 0 Å². The van der Waals surface area contributed by atoms with Gasteiger partial charge in [-0.15, -0.1) is 13.2 Å². The molecule has 0 aliphatic heterocycles. The summed E-state index contributed by atoms with van der Waals surface area (Å²) in [7, 11) is -2.00. The molecule has 0 heterocycles. The first-order valence-corrected chi connectivity index (χ1v) is 4.62. The zero-order valence-corrected chi connectivity index (χ0v) is 7.56. The molecule has 0 fully saturated rings. The topological polar surface area (TPSA) is 52.3 Å². The van der Waals surface area contributed by atoms with Crippen molar-refractivity contribution in [3.05, 3.63) is 24.3 Å². The van der Waals surface area contributed by atoms with Crippen molar-refractivity contribution in [1.82, 2.24) is 0 Å². The van der Waals surface area contributed by atoms with Gasteiger partial charge in [0.25, 0.3) is 0 Å². The Kier molecular flexibility index (Phi) is 3.12. The third-order valence-corrected chi connectivity index (χ3v) is 2.06. The fourth-order valence-electron chi connectivity index (χ4n) is 0.825. The van der Waals surface area contributed by atoms with Gasteiger partial charge in [-0.05, 0) is 12.1 Å². The molecule has 2 N–H and O–H groups in total. The van der Waals surface area contributed by atoms with E-state index in [-0.39, 0.29) is 4.90 Å². The van der Waals surface area contributed by atoms with Crippen LogP contribution in [0.1, 0.15) is 0 Å². The van der Waals surface area contributed by atoms with Crippen LogP contribution in [0.3, 0.4) is 0 Å². The Morgan fingerprint density at radius 2 is 1.86 bits per heavy atom. The van der Waals surface area contributed by atoms with Gasteiger partial charge in [-0.3, -0.25) is 0 Å². The summed E-state index contributed by atoms with van der Waals surface area (Å²) in [6.45, 7) is 0. The van der Waals surface area contributed by atoms with E-state index in [1.54, 1.807) is 0 Å². The fraction of sp³-hybridized carbons (Fsp3) is 0.143. The second-order valence-corrected chi connectivity index (χ2v) is 3.33. The summed E-state index contributed by atoms with van der Waals surface area (Å²) in [6.07, 6.45) is -4.81. The Bertz CT molecular complexity index is 353. The molecule has 0 saturated carbocycles. The van der Waals surface area contributed by atoms with E-state index in [1.165, 1.54) is 18.2 Å². The normalized spacial score (nSPS) is 13.7. The number of alkyl halides is 3. The molecular weight excluding hydrogens is 219 g/mol. The maximum atomic E-state index is 11.8. The summed E-state index contributed by atoms with van der Waals surface area (Å²) in [6, 6.07) is 5.01. The summed E-state index contributed by atoms with van der Waals surface area (Å²) in [5.74, 6) is -0.541. The minimum absolute atomic E-state index is 0.190. The molecule has 78 valence electrons. The number of rotatable bonds is 2. The lowest BCUT2D eigenvalue weighted by atomic mass is 10.3. The first-order valence-electron chi connectivity index (χ1n) is 3.41. The van der Waals surface area contributed by atoms with Crippen molar-refractivity contribution in [2.24, 2.45) is 5.14 Å². The van der Waals surface area contributed by atoms with Crippen molar-refractivity contribution >= 4 is 11.0 Å². The lowest BCUT2D eigenvalue weighted by molar-refractivity contribution is -0.275. The summed E-state index contributed by atoms with van der Waals surface area (Å²) in [5.41, 5.74) is 0. The van der Waals surface area contributed by atoms with Gasteiger partial charge in [0.15, 0.2) is 0 Å². The Hall–Kier alpha value is -1.08. The van der Waals surface area contributed by atoms with E-state index in [9.17, 15) is 17.4 Å². The van der Waals surface area contributed by atoms with E-state index >= 15 is 0 Å². The highest BCUT2D eigenvalue weighted by Gasteiger charge is 2.32. The number of benzene rings is 1. The molecule has 3 nitrogen and oxygen atoms in total. The van der Waals surface area contributed by atoms with E-state index < -0.39 is 23.1 Å². The van der Waals surface area contributed by atoms with Crippen LogP contribution < -0.4 is 9.88 Å². The second kappa shape index (κ2) is 3.97. The first-order chi connectivity index (χ1) is 6.40. The van der Waals surface area contributed by atoms with E-state index in [0.29, 0.717) is 0 Å². The molecule has 0 aromatic heterocycles. The van der Waals surface area contributed by atoms with Gasteiger partial charge in [0.05, 0.1) is 4.90 Å². The maximum Gasteiger partial charge on any atom is 0.573 e. The van der Waals surface area contributed by atoms with Crippen molar-refractivity contribution in [2.75, 3.05) is 0 Å². The Morgan fingerprint density at radius 3 is 2.36 bits per heavy atom. The van der Waals surface area contributed by atoms with Crippen LogP contribution in [-0.4, -0.2) is 10.6 Å². The van der Waals surface area contributed by atoms with Crippen molar-refractivity contribution in [1.29, 1.82) is 0 Å². The van der Waals surface area contributed by atoms with E-state index in [4.69, 9.17) is 5.14 Å². The third-order valence-electron chi connectivity index (χ3n) is 1.29. The highest BCUT2D eigenvalue weighted by atomic mass is 32.2. The van der Waals surface area contributed by atoms with Crippen LogP contribution in [-0.2, 0) is 11.0 Å². The molecule has 0 aliphatic rings. The second-order valence-electron chi connectivity index (χ2n) is 2.29. The molecule has 1 aromatic rings. The zero-order valence-electron chi connectivity index (χ0n) is 6.75. The van der Waals surface area contributed by atoms with Crippen LogP contribution in [0.2, 0.25) is 0 Å². The minimum Gasteiger partial charge on any atom is -0.404 e. The standard InChI is InChI=1S/C7H6F3NO2S/c8-7(9,10)13-5-3-1-2-4-6(5)14(11)12/h1-4H,11H2. The lowest BCUT2D eigenvalue weighted by Crippen LogP contribution is -2.19. The average Bonchev–Trinajstić information content (AvgIpc) is 2.01. The van der Waals surface area contributed by atoms with Crippen LogP contribution in [0.15, 0.2) is 29.2 Å². The van der Waals surface area contributed by atoms with Gasteiger partial charge in [0.1, 0.15) is 16.7 Å². The molecule has 0 saturated heterocycles. The predicted molar refractivity (Wildman–Crippen MR) is 43.7 cm³/mol. The number of hydrogen-bond donors (Lipinski definition) is 1.